The second-order valence-corrected chi connectivity index (χ2v) is 5.61. The molecule has 23 heavy (non-hydrogen) atoms. The predicted molar refractivity (Wildman–Crippen MR) is 92.2 cm³/mol. The molecular weight excluding hydrogens is 314 g/mol. The van der Waals surface area contributed by atoms with Gasteiger partial charge in [0.1, 0.15) is 6.04 Å². The van der Waals surface area contributed by atoms with Crippen LogP contribution < -0.4 is 10.6 Å². The van der Waals surface area contributed by atoms with Gasteiger partial charge in [-0.1, -0.05) is 25.1 Å². The number of para-hydroxylation sites is 1. The first kappa shape index (κ1) is 17.2. The van der Waals surface area contributed by atoms with E-state index in [1.54, 1.807) is 4.90 Å². The van der Waals surface area contributed by atoms with Gasteiger partial charge in [-0.15, -0.1) is 0 Å². The SMILES string of the molecule is CCc1ccccc1NC(=S)N1CCNC(=O)[C@H]1CC(=O)OC. The summed E-state index contributed by atoms with van der Waals surface area (Å²) in [5, 5.41) is 6.39. The van der Waals surface area contributed by atoms with Crippen molar-refractivity contribution in [2.45, 2.75) is 25.8 Å². The highest BCUT2D eigenvalue weighted by molar-refractivity contribution is 7.80. The second kappa shape index (κ2) is 7.92. The monoisotopic (exact) mass is 335 g/mol. The molecular formula is C16H21N3O3S. The number of nitrogens with zero attached hydrogens (tertiary/aromatic N) is 1. The number of carbonyl (C=O) groups is 2. The highest BCUT2D eigenvalue weighted by Crippen LogP contribution is 2.18. The first-order valence-electron chi connectivity index (χ1n) is 7.56. The molecule has 0 aliphatic carbocycles. The van der Waals surface area contributed by atoms with Crippen LogP contribution in [-0.4, -0.2) is 48.1 Å². The lowest BCUT2D eigenvalue weighted by Gasteiger charge is -2.36. The third kappa shape index (κ3) is 4.19. The summed E-state index contributed by atoms with van der Waals surface area (Å²) in [4.78, 5) is 25.4. The van der Waals surface area contributed by atoms with E-state index in [2.05, 4.69) is 22.3 Å². The maximum absolute atomic E-state index is 12.1. The van der Waals surface area contributed by atoms with Crippen LogP contribution in [0.15, 0.2) is 24.3 Å². The standard InChI is InChI=1S/C16H21N3O3S/c1-3-11-6-4-5-7-12(11)18-16(23)19-9-8-17-15(21)13(19)10-14(20)22-2/h4-7,13H,3,8-10H2,1-2H3,(H,17,21)(H,18,23)/t13-/m1/s1. The minimum Gasteiger partial charge on any atom is -0.469 e. The van der Waals surface area contributed by atoms with Gasteiger partial charge in [0.15, 0.2) is 5.11 Å². The number of piperazine rings is 1. The number of methoxy groups -OCH3 is 1. The molecule has 6 nitrogen and oxygen atoms in total. The van der Waals surface area contributed by atoms with E-state index in [4.69, 9.17) is 12.2 Å². The number of ether oxygens (including phenoxy) is 1. The minimum atomic E-state index is -0.648. The predicted octanol–water partition coefficient (Wildman–Crippen LogP) is 1.31. The number of benzene rings is 1. The quantitative estimate of drug-likeness (QED) is 0.639. The Labute approximate surface area is 141 Å². The van der Waals surface area contributed by atoms with Gasteiger partial charge in [-0.25, -0.2) is 0 Å². The first-order valence-corrected chi connectivity index (χ1v) is 7.97. The summed E-state index contributed by atoms with van der Waals surface area (Å²) in [6, 6.07) is 7.23. The molecule has 0 spiro atoms. The molecule has 1 aromatic rings. The molecule has 1 aromatic carbocycles. The van der Waals surface area contributed by atoms with Crippen molar-refractivity contribution in [3.63, 3.8) is 0 Å². The van der Waals surface area contributed by atoms with Gasteiger partial charge < -0.3 is 20.3 Å². The molecule has 124 valence electrons. The molecule has 0 radical (unpaired) electrons. The molecule has 1 atom stereocenters. The summed E-state index contributed by atoms with van der Waals surface area (Å²) in [6.45, 7) is 3.11. The van der Waals surface area contributed by atoms with E-state index in [-0.39, 0.29) is 12.3 Å². The van der Waals surface area contributed by atoms with Crippen molar-refractivity contribution >= 4 is 34.9 Å². The van der Waals surface area contributed by atoms with Crippen LogP contribution in [0.25, 0.3) is 0 Å². The summed E-state index contributed by atoms with van der Waals surface area (Å²) in [5.41, 5.74) is 2.06. The van der Waals surface area contributed by atoms with E-state index in [0.29, 0.717) is 18.2 Å². The van der Waals surface area contributed by atoms with Crippen LogP contribution in [0.3, 0.4) is 0 Å². The number of hydrogen-bond donors (Lipinski definition) is 2. The summed E-state index contributed by atoms with van der Waals surface area (Å²) in [6.07, 6.45) is 0.845. The molecule has 1 aliphatic heterocycles. The van der Waals surface area contributed by atoms with Crippen LogP contribution >= 0.6 is 12.2 Å². The summed E-state index contributed by atoms with van der Waals surface area (Å²) >= 11 is 5.47. The number of amides is 1. The maximum Gasteiger partial charge on any atom is 0.308 e. The lowest BCUT2D eigenvalue weighted by molar-refractivity contribution is -0.144. The Bertz CT molecular complexity index is 606. The van der Waals surface area contributed by atoms with Crippen molar-refractivity contribution in [3.8, 4) is 0 Å². The zero-order chi connectivity index (χ0) is 16.8. The van der Waals surface area contributed by atoms with Gasteiger partial charge >= 0.3 is 5.97 Å². The van der Waals surface area contributed by atoms with Crippen molar-refractivity contribution < 1.29 is 14.3 Å². The Morgan fingerprint density at radius 2 is 2.22 bits per heavy atom. The number of anilines is 1. The van der Waals surface area contributed by atoms with Gasteiger partial charge in [0, 0.05) is 18.8 Å². The largest absolute Gasteiger partial charge is 0.469 e. The van der Waals surface area contributed by atoms with E-state index in [1.165, 1.54) is 7.11 Å². The molecule has 2 N–H and O–H groups in total. The van der Waals surface area contributed by atoms with Crippen molar-refractivity contribution in [2.75, 3.05) is 25.5 Å². The van der Waals surface area contributed by atoms with Gasteiger partial charge in [0.2, 0.25) is 5.91 Å². The highest BCUT2D eigenvalue weighted by Gasteiger charge is 2.33. The third-order valence-corrected chi connectivity index (χ3v) is 4.16. The molecule has 7 heteroatoms. The minimum absolute atomic E-state index is 0.0282. The van der Waals surface area contributed by atoms with Crippen molar-refractivity contribution in [1.29, 1.82) is 0 Å². The number of hydrogen-bond acceptors (Lipinski definition) is 4. The number of nitrogens with one attached hydrogen (secondary N) is 2. The second-order valence-electron chi connectivity index (χ2n) is 5.22. The van der Waals surface area contributed by atoms with Gasteiger partial charge in [-0.3, -0.25) is 9.59 Å². The van der Waals surface area contributed by atoms with Crippen molar-refractivity contribution in [1.82, 2.24) is 10.2 Å². The van der Waals surface area contributed by atoms with Crippen LogP contribution in [0.1, 0.15) is 18.9 Å². The maximum atomic E-state index is 12.1. The molecule has 1 aliphatic rings. The topological polar surface area (TPSA) is 70.7 Å². The van der Waals surface area contributed by atoms with Crippen LogP contribution in [0.2, 0.25) is 0 Å². The highest BCUT2D eigenvalue weighted by atomic mass is 32.1. The van der Waals surface area contributed by atoms with E-state index in [0.717, 1.165) is 17.7 Å². The Kier molecular flexibility index (Phi) is 5.92. The first-order chi connectivity index (χ1) is 11.1. The van der Waals surface area contributed by atoms with Crippen LogP contribution in [0, 0.1) is 0 Å². The Morgan fingerprint density at radius 3 is 2.91 bits per heavy atom. The zero-order valence-corrected chi connectivity index (χ0v) is 14.1. The Morgan fingerprint density at radius 1 is 1.48 bits per heavy atom. The van der Waals surface area contributed by atoms with E-state index in [1.807, 2.05) is 24.3 Å². The van der Waals surface area contributed by atoms with Crippen LogP contribution in [-0.2, 0) is 20.7 Å². The average molecular weight is 335 g/mol. The van der Waals surface area contributed by atoms with Crippen molar-refractivity contribution in [2.24, 2.45) is 0 Å². The van der Waals surface area contributed by atoms with Gasteiger partial charge in [-0.05, 0) is 30.3 Å². The third-order valence-electron chi connectivity index (χ3n) is 3.82. The average Bonchev–Trinajstić information content (AvgIpc) is 2.56. The fourth-order valence-electron chi connectivity index (χ4n) is 2.54. The fourth-order valence-corrected chi connectivity index (χ4v) is 2.87. The van der Waals surface area contributed by atoms with E-state index < -0.39 is 12.0 Å². The number of aryl methyl sites for hydroxylation is 1. The molecule has 0 unspecified atom stereocenters. The molecule has 2 rings (SSSR count). The summed E-state index contributed by atoms with van der Waals surface area (Å²) < 4.78 is 4.67. The molecule has 1 amide bonds. The smallest absolute Gasteiger partial charge is 0.308 e. The van der Waals surface area contributed by atoms with Crippen LogP contribution in [0.4, 0.5) is 5.69 Å². The Hall–Kier alpha value is -2.15. The molecule has 0 saturated carbocycles. The molecule has 1 fully saturated rings. The van der Waals surface area contributed by atoms with E-state index >= 15 is 0 Å². The number of rotatable bonds is 4. The number of esters is 1. The van der Waals surface area contributed by atoms with Gasteiger partial charge in [0.05, 0.1) is 13.5 Å². The lowest BCUT2D eigenvalue weighted by Crippen LogP contribution is -2.58. The normalized spacial score (nSPS) is 17.4. The molecule has 0 bridgehead atoms. The number of thiocarbonyl (C=S) groups is 1. The molecule has 1 saturated heterocycles. The lowest BCUT2D eigenvalue weighted by atomic mass is 10.1. The molecule has 1 heterocycles. The summed E-state index contributed by atoms with van der Waals surface area (Å²) in [5.74, 6) is -0.650. The summed E-state index contributed by atoms with van der Waals surface area (Å²) in [7, 11) is 1.31. The number of carbonyl (C=O) groups excluding carboxylic acids is 2. The van der Waals surface area contributed by atoms with Gasteiger partial charge in [0.25, 0.3) is 0 Å². The van der Waals surface area contributed by atoms with Crippen LogP contribution in [0.5, 0.6) is 0 Å². The van der Waals surface area contributed by atoms with Crippen molar-refractivity contribution in [3.05, 3.63) is 29.8 Å². The van der Waals surface area contributed by atoms with E-state index in [9.17, 15) is 9.59 Å². The Balaban J connectivity index is 2.14. The zero-order valence-electron chi connectivity index (χ0n) is 13.3. The van der Waals surface area contributed by atoms with Gasteiger partial charge in [-0.2, -0.15) is 0 Å². The fraction of sp³-hybridized carbons (Fsp3) is 0.438. The molecule has 0 aromatic heterocycles.